The van der Waals surface area contributed by atoms with Gasteiger partial charge in [-0.3, -0.25) is 4.79 Å². The van der Waals surface area contributed by atoms with Crippen molar-refractivity contribution in [3.8, 4) is 17.1 Å². The molecule has 2 aliphatic rings. The Bertz CT molecular complexity index is 1340. The second-order valence-corrected chi connectivity index (χ2v) is 9.36. The number of ether oxygens (including phenoxy) is 2. The molecule has 13 heteroatoms. The minimum absolute atomic E-state index is 0.00469. The molecule has 0 aliphatic carbocycles. The van der Waals surface area contributed by atoms with E-state index in [9.17, 15) is 31.1 Å². The lowest BCUT2D eigenvalue weighted by Gasteiger charge is -2.30. The van der Waals surface area contributed by atoms with Crippen LogP contribution in [0.2, 0.25) is 0 Å². The first kappa shape index (κ1) is 27.7. The van der Waals surface area contributed by atoms with E-state index in [1.165, 1.54) is 4.90 Å². The number of anilines is 1. The van der Waals surface area contributed by atoms with E-state index >= 15 is 0 Å². The van der Waals surface area contributed by atoms with Gasteiger partial charge in [-0.1, -0.05) is 30.3 Å². The van der Waals surface area contributed by atoms with Gasteiger partial charge in [0.1, 0.15) is 5.56 Å². The normalized spacial score (nSPS) is 16.7. The van der Waals surface area contributed by atoms with Crippen molar-refractivity contribution in [1.82, 2.24) is 14.9 Å². The summed E-state index contributed by atoms with van der Waals surface area (Å²) in [6.07, 6.45) is -9.71. The molecule has 0 N–H and O–H groups in total. The van der Waals surface area contributed by atoms with Gasteiger partial charge in [-0.2, -0.15) is 31.3 Å². The van der Waals surface area contributed by atoms with Crippen molar-refractivity contribution in [3.63, 3.8) is 0 Å². The van der Waals surface area contributed by atoms with Crippen LogP contribution in [-0.4, -0.2) is 60.2 Å². The predicted octanol–water partition coefficient (Wildman–Crippen LogP) is 5.44. The van der Waals surface area contributed by atoms with Crippen LogP contribution in [-0.2, 0) is 23.6 Å². The zero-order valence-electron chi connectivity index (χ0n) is 21.1. The highest BCUT2D eigenvalue weighted by Gasteiger charge is 2.37. The Kier molecular flexibility index (Phi) is 7.58. The van der Waals surface area contributed by atoms with E-state index in [2.05, 4.69) is 9.97 Å². The number of halogens is 6. The summed E-state index contributed by atoms with van der Waals surface area (Å²) >= 11 is 0. The van der Waals surface area contributed by atoms with Crippen molar-refractivity contribution < 1.29 is 40.6 Å². The third-order valence-corrected chi connectivity index (χ3v) is 6.54. The van der Waals surface area contributed by atoms with Gasteiger partial charge < -0.3 is 19.3 Å². The minimum atomic E-state index is -5.00. The number of alkyl halides is 6. The fourth-order valence-electron chi connectivity index (χ4n) is 4.60. The average Bonchev–Trinajstić information content (AvgIpc) is 2.93. The standard InChI is InChI=1S/C27H24F6N4O3/c28-26(29,30)19-13-17(14-20(15-19)27(31,32)33)16-37-7-4-10-40-23-21(24(37)38)22(18-5-2-1-3-6-18)34-25(35-23)36-8-11-39-12-9-36/h1-3,5-6,13-15H,4,7-12,16H2. The number of carbonyl (C=O) groups is 1. The highest BCUT2D eigenvalue weighted by Crippen LogP contribution is 2.37. The van der Waals surface area contributed by atoms with Crippen molar-refractivity contribution in [3.05, 3.63) is 70.8 Å². The molecular weight excluding hydrogens is 542 g/mol. The van der Waals surface area contributed by atoms with E-state index in [0.29, 0.717) is 49.9 Å². The SMILES string of the molecule is O=C1c2c(nc(N3CCOCC3)nc2-c2ccccc2)OCCCN1Cc1cc(C(F)(F)F)cc(C(F)(F)F)c1. The number of nitrogens with zero attached hydrogens (tertiary/aromatic N) is 4. The first-order chi connectivity index (χ1) is 19.0. The molecule has 0 atom stereocenters. The highest BCUT2D eigenvalue weighted by atomic mass is 19.4. The third-order valence-electron chi connectivity index (χ3n) is 6.54. The number of benzene rings is 2. The molecule has 0 saturated carbocycles. The molecule has 212 valence electrons. The maximum Gasteiger partial charge on any atom is 0.416 e. The van der Waals surface area contributed by atoms with E-state index in [0.717, 1.165) is 0 Å². The number of hydrogen-bond acceptors (Lipinski definition) is 6. The van der Waals surface area contributed by atoms with Crippen LogP contribution in [0.3, 0.4) is 0 Å². The summed E-state index contributed by atoms with van der Waals surface area (Å²) in [5.41, 5.74) is -2.36. The van der Waals surface area contributed by atoms with Gasteiger partial charge in [-0.05, 0) is 30.2 Å². The van der Waals surface area contributed by atoms with Gasteiger partial charge in [0, 0.05) is 31.7 Å². The molecule has 3 heterocycles. The summed E-state index contributed by atoms with van der Waals surface area (Å²) < 4.78 is 91.9. The topological polar surface area (TPSA) is 67.8 Å². The third kappa shape index (κ3) is 5.98. The Morgan fingerprint density at radius 3 is 2.10 bits per heavy atom. The number of hydrogen-bond donors (Lipinski definition) is 0. The average molecular weight is 567 g/mol. The Morgan fingerprint density at radius 2 is 1.48 bits per heavy atom. The first-order valence-corrected chi connectivity index (χ1v) is 12.5. The smallest absolute Gasteiger partial charge is 0.416 e. The van der Waals surface area contributed by atoms with Crippen LogP contribution in [0.5, 0.6) is 5.88 Å². The van der Waals surface area contributed by atoms with Crippen LogP contribution in [0, 0.1) is 0 Å². The maximum atomic E-state index is 13.9. The van der Waals surface area contributed by atoms with Crippen molar-refractivity contribution in [1.29, 1.82) is 0 Å². The molecule has 0 bridgehead atoms. The molecule has 1 amide bonds. The molecule has 1 fully saturated rings. The van der Waals surface area contributed by atoms with Gasteiger partial charge in [0.05, 0.1) is 36.6 Å². The molecule has 1 aromatic heterocycles. The van der Waals surface area contributed by atoms with Crippen LogP contribution in [0.25, 0.3) is 11.3 Å². The van der Waals surface area contributed by atoms with Crippen molar-refractivity contribution in [2.24, 2.45) is 0 Å². The van der Waals surface area contributed by atoms with Gasteiger partial charge in [-0.25, -0.2) is 4.98 Å². The summed E-state index contributed by atoms with van der Waals surface area (Å²) in [5.74, 6) is -0.327. The van der Waals surface area contributed by atoms with E-state index in [-0.39, 0.29) is 48.3 Å². The molecule has 0 unspecified atom stereocenters. The molecule has 7 nitrogen and oxygen atoms in total. The maximum absolute atomic E-state index is 13.9. The molecule has 2 aliphatic heterocycles. The Labute approximate surface area is 225 Å². The second-order valence-electron chi connectivity index (χ2n) is 9.36. The zero-order valence-corrected chi connectivity index (χ0v) is 21.1. The van der Waals surface area contributed by atoms with E-state index in [1.807, 2.05) is 4.90 Å². The molecular formula is C27H24F6N4O3. The quantitative estimate of drug-likeness (QED) is 0.392. The van der Waals surface area contributed by atoms with E-state index in [4.69, 9.17) is 9.47 Å². The highest BCUT2D eigenvalue weighted by molar-refractivity contribution is 6.02. The zero-order chi connectivity index (χ0) is 28.5. The van der Waals surface area contributed by atoms with Gasteiger partial charge >= 0.3 is 12.4 Å². The summed E-state index contributed by atoms with van der Waals surface area (Å²) in [4.78, 5) is 26.2. The molecule has 3 aromatic rings. The van der Waals surface area contributed by atoms with Crippen LogP contribution in [0.1, 0.15) is 33.5 Å². The van der Waals surface area contributed by atoms with Crippen LogP contribution >= 0.6 is 0 Å². The van der Waals surface area contributed by atoms with Crippen LogP contribution in [0.15, 0.2) is 48.5 Å². The monoisotopic (exact) mass is 566 g/mol. The number of aromatic nitrogens is 2. The molecule has 0 spiro atoms. The van der Waals surface area contributed by atoms with E-state index in [1.54, 1.807) is 30.3 Å². The Balaban J connectivity index is 1.58. The van der Waals surface area contributed by atoms with Crippen LogP contribution < -0.4 is 9.64 Å². The summed E-state index contributed by atoms with van der Waals surface area (Å²) in [5, 5.41) is 0. The molecule has 0 radical (unpaired) electrons. The van der Waals surface area contributed by atoms with Crippen molar-refractivity contribution in [2.45, 2.75) is 25.3 Å². The summed E-state index contributed by atoms with van der Waals surface area (Å²) in [7, 11) is 0. The second kappa shape index (κ2) is 11.0. The lowest BCUT2D eigenvalue weighted by molar-refractivity contribution is -0.143. The molecule has 5 rings (SSSR count). The fourth-order valence-corrected chi connectivity index (χ4v) is 4.60. The number of amides is 1. The largest absolute Gasteiger partial charge is 0.477 e. The summed E-state index contributed by atoms with van der Waals surface area (Å²) in [6.45, 7) is 1.65. The predicted molar refractivity (Wildman–Crippen MR) is 132 cm³/mol. The van der Waals surface area contributed by atoms with Gasteiger partial charge in [0.25, 0.3) is 5.91 Å². The fraction of sp³-hybridized carbons (Fsp3) is 0.370. The van der Waals surface area contributed by atoms with Crippen molar-refractivity contribution in [2.75, 3.05) is 44.4 Å². The molecule has 2 aromatic carbocycles. The number of morpholine rings is 1. The molecule has 40 heavy (non-hydrogen) atoms. The van der Waals surface area contributed by atoms with Gasteiger partial charge in [0.15, 0.2) is 0 Å². The number of fused-ring (bicyclic) bond motifs is 1. The Hall–Kier alpha value is -3.87. The van der Waals surface area contributed by atoms with Crippen molar-refractivity contribution >= 4 is 11.9 Å². The lowest BCUT2D eigenvalue weighted by atomic mass is 10.0. The summed E-state index contributed by atoms with van der Waals surface area (Å²) in [6, 6.07) is 10.1. The number of rotatable bonds is 4. The lowest BCUT2D eigenvalue weighted by Crippen LogP contribution is -2.38. The van der Waals surface area contributed by atoms with E-state index < -0.39 is 35.9 Å². The minimum Gasteiger partial charge on any atom is -0.477 e. The Morgan fingerprint density at radius 1 is 0.825 bits per heavy atom. The number of carbonyl (C=O) groups excluding carboxylic acids is 1. The van der Waals surface area contributed by atoms with Gasteiger partial charge in [-0.15, -0.1) is 0 Å². The van der Waals surface area contributed by atoms with Crippen LogP contribution in [0.4, 0.5) is 32.3 Å². The van der Waals surface area contributed by atoms with Gasteiger partial charge in [0.2, 0.25) is 11.8 Å². The molecule has 1 saturated heterocycles. The first-order valence-electron chi connectivity index (χ1n) is 12.5.